The van der Waals surface area contributed by atoms with Crippen LogP contribution in [-0.4, -0.2) is 13.7 Å². The van der Waals surface area contributed by atoms with Crippen molar-refractivity contribution in [1.82, 2.24) is 0 Å². The molecule has 0 spiro atoms. The minimum atomic E-state index is 0.150. The van der Waals surface area contributed by atoms with Gasteiger partial charge in [-0.1, -0.05) is 39.0 Å². The van der Waals surface area contributed by atoms with Gasteiger partial charge in [0.05, 0.1) is 7.11 Å². The third-order valence-electron chi connectivity index (χ3n) is 2.53. The quantitative estimate of drug-likeness (QED) is 0.848. The highest BCUT2D eigenvalue weighted by Crippen LogP contribution is 2.28. The first kappa shape index (κ1) is 12.8. The van der Waals surface area contributed by atoms with E-state index in [9.17, 15) is 0 Å². The molecule has 0 saturated carbocycles. The van der Waals surface area contributed by atoms with E-state index in [-0.39, 0.29) is 5.41 Å². The van der Waals surface area contributed by atoms with Crippen LogP contribution in [0.3, 0.4) is 0 Å². The maximum Gasteiger partial charge on any atom is 0.126 e. The van der Waals surface area contributed by atoms with Gasteiger partial charge in [-0.3, -0.25) is 0 Å². The normalized spacial score (nSPS) is 12.1. The number of ether oxygens (including phenoxy) is 1. The molecule has 0 saturated heterocycles. The van der Waals surface area contributed by atoms with Gasteiger partial charge < -0.3 is 10.5 Å². The molecule has 2 nitrogen and oxygen atoms in total. The molecular weight excluding hydrogens is 198 g/mol. The van der Waals surface area contributed by atoms with Gasteiger partial charge in [-0.05, 0) is 23.1 Å². The predicted octanol–water partition coefficient (Wildman–Crippen LogP) is 2.96. The summed E-state index contributed by atoms with van der Waals surface area (Å²) in [5.74, 6) is 0.887. The number of hydrogen-bond acceptors (Lipinski definition) is 2. The first-order chi connectivity index (χ1) is 7.49. The Kier molecular flexibility index (Phi) is 4.13. The van der Waals surface area contributed by atoms with Gasteiger partial charge in [0.1, 0.15) is 5.75 Å². The van der Waals surface area contributed by atoms with E-state index >= 15 is 0 Å². The highest BCUT2D eigenvalue weighted by molar-refractivity contribution is 5.59. The average molecular weight is 219 g/mol. The van der Waals surface area contributed by atoms with Crippen molar-refractivity contribution in [3.8, 4) is 5.75 Å². The fourth-order valence-corrected chi connectivity index (χ4v) is 1.53. The van der Waals surface area contributed by atoms with E-state index in [1.807, 2.05) is 18.2 Å². The minimum Gasteiger partial charge on any atom is -0.496 e. The lowest BCUT2D eigenvalue weighted by atomic mass is 9.86. The van der Waals surface area contributed by atoms with Crippen molar-refractivity contribution in [3.63, 3.8) is 0 Å². The fourth-order valence-electron chi connectivity index (χ4n) is 1.53. The van der Waals surface area contributed by atoms with Crippen LogP contribution in [0, 0.1) is 0 Å². The molecule has 1 rings (SSSR count). The summed E-state index contributed by atoms with van der Waals surface area (Å²) in [5.41, 5.74) is 7.99. The van der Waals surface area contributed by atoms with E-state index in [2.05, 4.69) is 32.9 Å². The number of methoxy groups -OCH3 is 1. The maximum absolute atomic E-state index is 5.46. The molecule has 16 heavy (non-hydrogen) atoms. The molecule has 1 aromatic carbocycles. The third kappa shape index (κ3) is 3.11. The summed E-state index contributed by atoms with van der Waals surface area (Å²) < 4.78 is 5.32. The zero-order valence-electron chi connectivity index (χ0n) is 10.6. The molecule has 1 aromatic rings. The van der Waals surface area contributed by atoms with Gasteiger partial charge in [0.25, 0.3) is 0 Å². The van der Waals surface area contributed by atoms with Crippen molar-refractivity contribution in [1.29, 1.82) is 0 Å². The van der Waals surface area contributed by atoms with Gasteiger partial charge in [0.15, 0.2) is 0 Å². The molecule has 0 aliphatic carbocycles. The van der Waals surface area contributed by atoms with E-state index in [0.717, 1.165) is 11.3 Å². The Balaban J connectivity index is 3.16. The van der Waals surface area contributed by atoms with Gasteiger partial charge in [-0.15, -0.1) is 0 Å². The van der Waals surface area contributed by atoms with Crippen LogP contribution in [0.15, 0.2) is 24.3 Å². The number of nitrogens with two attached hydrogens (primary N) is 1. The molecule has 0 aliphatic rings. The predicted molar refractivity (Wildman–Crippen MR) is 69.8 cm³/mol. The Labute approximate surface area is 98.1 Å². The Morgan fingerprint density at radius 2 is 2.00 bits per heavy atom. The average Bonchev–Trinajstić information content (AvgIpc) is 2.24. The van der Waals surface area contributed by atoms with Crippen molar-refractivity contribution < 1.29 is 4.74 Å². The number of rotatable bonds is 3. The van der Waals surface area contributed by atoms with E-state index in [1.165, 1.54) is 5.56 Å². The summed E-state index contributed by atoms with van der Waals surface area (Å²) in [4.78, 5) is 0. The monoisotopic (exact) mass is 219 g/mol. The summed E-state index contributed by atoms with van der Waals surface area (Å²) in [6.07, 6.45) is 3.94. The standard InChI is InChI=1S/C14H21NO/c1-14(2,3)12-7-8-13(16-4)11(10-12)6-5-9-15/h5-8,10H,9,15H2,1-4H3/b6-5+. The van der Waals surface area contributed by atoms with Crippen molar-refractivity contribution in [2.24, 2.45) is 5.73 Å². The maximum atomic E-state index is 5.46. The summed E-state index contributed by atoms with van der Waals surface area (Å²) in [7, 11) is 1.69. The number of benzene rings is 1. The third-order valence-corrected chi connectivity index (χ3v) is 2.53. The Bertz CT molecular complexity index is 375. The van der Waals surface area contributed by atoms with Crippen LogP contribution in [0.25, 0.3) is 6.08 Å². The van der Waals surface area contributed by atoms with Crippen LogP contribution < -0.4 is 10.5 Å². The highest BCUT2D eigenvalue weighted by atomic mass is 16.5. The van der Waals surface area contributed by atoms with Crippen LogP contribution in [0.5, 0.6) is 5.75 Å². The molecular formula is C14H21NO. The topological polar surface area (TPSA) is 35.2 Å². The molecule has 0 radical (unpaired) electrons. The molecule has 0 aromatic heterocycles. The minimum absolute atomic E-state index is 0.150. The molecule has 2 N–H and O–H groups in total. The number of hydrogen-bond donors (Lipinski definition) is 1. The van der Waals surface area contributed by atoms with Gasteiger partial charge in [0, 0.05) is 12.1 Å². The zero-order chi connectivity index (χ0) is 12.2. The molecule has 0 unspecified atom stereocenters. The molecule has 0 aliphatic heterocycles. The largest absolute Gasteiger partial charge is 0.496 e. The van der Waals surface area contributed by atoms with E-state index in [4.69, 9.17) is 10.5 Å². The second-order valence-electron chi connectivity index (χ2n) is 4.84. The van der Waals surface area contributed by atoms with Gasteiger partial charge in [0.2, 0.25) is 0 Å². The van der Waals surface area contributed by atoms with Crippen LogP contribution in [0.2, 0.25) is 0 Å². The van der Waals surface area contributed by atoms with Crippen molar-refractivity contribution in [2.45, 2.75) is 26.2 Å². The van der Waals surface area contributed by atoms with E-state index in [0.29, 0.717) is 6.54 Å². The van der Waals surface area contributed by atoms with Crippen molar-refractivity contribution in [3.05, 3.63) is 35.4 Å². The van der Waals surface area contributed by atoms with Gasteiger partial charge >= 0.3 is 0 Å². The Morgan fingerprint density at radius 3 is 2.50 bits per heavy atom. The van der Waals surface area contributed by atoms with Crippen LogP contribution >= 0.6 is 0 Å². The van der Waals surface area contributed by atoms with Gasteiger partial charge in [-0.2, -0.15) is 0 Å². The summed E-state index contributed by atoms with van der Waals surface area (Å²) in [6.45, 7) is 7.14. The Morgan fingerprint density at radius 1 is 1.31 bits per heavy atom. The molecule has 88 valence electrons. The SMILES string of the molecule is COc1ccc(C(C)(C)C)cc1/C=C/CN. The van der Waals surface area contributed by atoms with Gasteiger partial charge in [-0.25, -0.2) is 0 Å². The fraction of sp³-hybridized carbons (Fsp3) is 0.429. The summed E-state index contributed by atoms with van der Waals surface area (Å²) in [5, 5.41) is 0. The first-order valence-corrected chi connectivity index (χ1v) is 5.54. The molecule has 0 atom stereocenters. The second-order valence-corrected chi connectivity index (χ2v) is 4.84. The van der Waals surface area contributed by atoms with Crippen molar-refractivity contribution in [2.75, 3.05) is 13.7 Å². The second kappa shape index (κ2) is 5.17. The van der Waals surface area contributed by atoms with Crippen molar-refractivity contribution >= 4 is 6.08 Å². The summed E-state index contributed by atoms with van der Waals surface area (Å²) in [6, 6.07) is 6.28. The molecule has 0 amide bonds. The van der Waals surface area contributed by atoms with E-state index in [1.54, 1.807) is 7.11 Å². The lowest BCUT2D eigenvalue weighted by molar-refractivity contribution is 0.413. The molecule has 0 heterocycles. The van der Waals surface area contributed by atoms with Crippen LogP contribution in [0.4, 0.5) is 0 Å². The smallest absolute Gasteiger partial charge is 0.126 e. The van der Waals surface area contributed by atoms with Crippen LogP contribution in [-0.2, 0) is 5.41 Å². The highest BCUT2D eigenvalue weighted by Gasteiger charge is 2.14. The molecule has 0 bridgehead atoms. The first-order valence-electron chi connectivity index (χ1n) is 5.54. The van der Waals surface area contributed by atoms with Crippen LogP contribution in [0.1, 0.15) is 31.9 Å². The Hall–Kier alpha value is -1.28. The zero-order valence-corrected chi connectivity index (χ0v) is 10.6. The summed E-state index contributed by atoms with van der Waals surface area (Å²) >= 11 is 0. The lowest BCUT2D eigenvalue weighted by Gasteiger charge is -2.20. The molecule has 0 fully saturated rings. The molecule has 2 heteroatoms. The van der Waals surface area contributed by atoms with E-state index < -0.39 is 0 Å². The lowest BCUT2D eigenvalue weighted by Crippen LogP contribution is -2.11.